The van der Waals surface area contributed by atoms with Crippen LogP contribution in [0.2, 0.25) is 0 Å². The molecular formula is C12H16BF4O2-. The van der Waals surface area contributed by atoms with E-state index in [9.17, 15) is 17.3 Å². The topological polar surface area (TPSA) is 18.5 Å². The Morgan fingerprint density at radius 1 is 1.11 bits per heavy atom. The molecule has 0 aliphatic heterocycles. The Morgan fingerprint density at radius 2 is 1.74 bits per heavy atom. The van der Waals surface area contributed by atoms with Crippen molar-refractivity contribution in [2.24, 2.45) is 0 Å². The maximum atomic E-state index is 13.3. The zero-order chi connectivity index (χ0) is 14.7. The molecule has 0 aromatic heterocycles. The molecule has 0 N–H and O–H groups in total. The van der Waals surface area contributed by atoms with Crippen molar-refractivity contribution in [1.29, 1.82) is 0 Å². The largest absolute Gasteiger partial charge is 0.509 e. The first-order valence-corrected chi connectivity index (χ1v) is 5.86. The molecule has 0 aliphatic carbocycles. The molecule has 7 heteroatoms. The molecule has 1 aromatic rings. The lowest BCUT2D eigenvalue weighted by Gasteiger charge is -2.20. The van der Waals surface area contributed by atoms with Gasteiger partial charge in [-0.15, -0.1) is 5.46 Å². The molecule has 0 heterocycles. The number of ether oxygens (including phenoxy) is 2. The summed E-state index contributed by atoms with van der Waals surface area (Å²) in [5.41, 5.74) is -1.26. The highest BCUT2D eigenvalue weighted by Crippen LogP contribution is 2.18. The van der Waals surface area contributed by atoms with Gasteiger partial charge >= 0.3 is 6.98 Å². The zero-order valence-electron chi connectivity index (χ0n) is 11.1. The van der Waals surface area contributed by atoms with Crippen molar-refractivity contribution in [3.05, 3.63) is 24.0 Å². The van der Waals surface area contributed by atoms with Gasteiger partial charge < -0.3 is 22.4 Å². The van der Waals surface area contributed by atoms with Crippen LogP contribution in [0.4, 0.5) is 17.3 Å². The highest BCUT2D eigenvalue weighted by atomic mass is 19.4. The second-order valence-corrected chi connectivity index (χ2v) is 5.07. The maximum absolute atomic E-state index is 13.3. The first-order chi connectivity index (χ1) is 8.59. The van der Waals surface area contributed by atoms with E-state index in [4.69, 9.17) is 9.47 Å². The fraction of sp³-hybridized carbons (Fsp3) is 0.500. The Morgan fingerprint density at radius 3 is 2.26 bits per heavy atom. The van der Waals surface area contributed by atoms with Crippen molar-refractivity contribution >= 4 is 12.4 Å². The van der Waals surface area contributed by atoms with Gasteiger partial charge in [0.25, 0.3) is 0 Å². The Labute approximate surface area is 109 Å². The SMILES string of the molecule is CC(C)(C)OCCOc1cc([B-](F)(F)F)ccc1F. The quantitative estimate of drug-likeness (QED) is 0.468. The van der Waals surface area contributed by atoms with Crippen molar-refractivity contribution in [1.82, 2.24) is 0 Å². The minimum Gasteiger partial charge on any atom is -0.488 e. The summed E-state index contributed by atoms with van der Waals surface area (Å²) in [6.45, 7) is 0.500. The van der Waals surface area contributed by atoms with Gasteiger partial charge in [0.15, 0.2) is 11.6 Å². The maximum Gasteiger partial charge on any atom is 0.509 e. The summed E-state index contributed by atoms with van der Waals surface area (Å²) in [5, 5.41) is 0. The number of rotatable bonds is 5. The average molecular weight is 279 g/mol. The summed E-state index contributed by atoms with van der Waals surface area (Å²) in [4.78, 5) is 0. The molecule has 2 nitrogen and oxygen atoms in total. The molecule has 108 valence electrons. The van der Waals surface area contributed by atoms with Gasteiger partial charge in [-0.25, -0.2) is 4.39 Å². The minimum absolute atomic E-state index is 0.0114. The second-order valence-electron chi connectivity index (χ2n) is 5.07. The van der Waals surface area contributed by atoms with E-state index in [0.29, 0.717) is 12.1 Å². The molecule has 0 radical (unpaired) electrons. The van der Waals surface area contributed by atoms with Crippen LogP contribution >= 0.6 is 0 Å². The Balaban J connectivity index is 2.63. The van der Waals surface area contributed by atoms with Crippen molar-refractivity contribution in [2.75, 3.05) is 13.2 Å². The lowest BCUT2D eigenvalue weighted by atomic mass is 9.80. The lowest BCUT2D eigenvalue weighted by Crippen LogP contribution is -2.34. The predicted molar refractivity (Wildman–Crippen MR) is 66.3 cm³/mol. The van der Waals surface area contributed by atoms with Gasteiger partial charge in [-0.2, -0.15) is 0 Å². The number of hydrogen-bond acceptors (Lipinski definition) is 2. The molecular weight excluding hydrogens is 263 g/mol. The van der Waals surface area contributed by atoms with Gasteiger partial charge in [-0.1, -0.05) is 6.07 Å². The fourth-order valence-electron chi connectivity index (χ4n) is 1.33. The van der Waals surface area contributed by atoms with Crippen LogP contribution in [0, 0.1) is 5.82 Å². The van der Waals surface area contributed by atoms with Crippen LogP contribution in [0.15, 0.2) is 18.2 Å². The van der Waals surface area contributed by atoms with Gasteiger partial charge in [0.05, 0.1) is 12.2 Å². The molecule has 0 atom stereocenters. The number of halogens is 4. The summed E-state index contributed by atoms with van der Waals surface area (Å²) in [5.74, 6) is -1.23. The Hall–Kier alpha value is -1.24. The summed E-state index contributed by atoms with van der Waals surface area (Å²) < 4.78 is 61.1. The van der Waals surface area contributed by atoms with E-state index in [0.717, 1.165) is 6.07 Å². The highest BCUT2D eigenvalue weighted by Gasteiger charge is 2.26. The monoisotopic (exact) mass is 279 g/mol. The minimum atomic E-state index is -5.16. The fourth-order valence-corrected chi connectivity index (χ4v) is 1.33. The molecule has 1 aromatic carbocycles. The third kappa shape index (κ3) is 5.51. The first kappa shape index (κ1) is 15.8. The molecule has 0 fully saturated rings. The first-order valence-electron chi connectivity index (χ1n) is 5.86. The number of benzene rings is 1. The van der Waals surface area contributed by atoms with Gasteiger partial charge in [-0.05, 0) is 32.9 Å². The molecule has 19 heavy (non-hydrogen) atoms. The van der Waals surface area contributed by atoms with Crippen LogP contribution in [0.5, 0.6) is 5.75 Å². The van der Waals surface area contributed by atoms with Crippen LogP contribution in [-0.2, 0) is 4.74 Å². The molecule has 0 saturated carbocycles. The van der Waals surface area contributed by atoms with Crippen molar-refractivity contribution < 1.29 is 26.8 Å². The highest BCUT2D eigenvalue weighted by molar-refractivity contribution is 6.73. The Kier molecular flexibility index (Phi) is 4.84. The van der Waals surface area contributed by atoms with Crippen LogP contribution in [-0.4, -0.2) is 25.8 Å². The van der Waals surface area contributed by atoms with E-state index in [2.05, 4.69) is 0 Å². The van der Waals surface area contributed by atoms with E-state index >= 15 is 0 Å². The van der Waals surface area contributed by atoms with E-state index in [1.165, 1.54) is 0 Å². The molecule has 0 amide bonds. The summed E-state index contributed by atoms with van der Waals surface area (Å²) in [6, 6.07) is 2.13. The normalized spacial score (nSPS) is 12.6. The van der Waals surface area contributed by atoms with Crippen LogP contribution in [0.25, 0.3) is 0 Å². The second kappa shape index (κ2) is 5.82. The van der Waals surface area contributed by atoms with Gasteiger partial charge in [-0.3, -0.25) is 0 Å². The van der Waals surface area contributed by atoms with Gasteiger partial charge in [0.1, 0.15) is 6.61 Å². The van der Waals surface area contributed by atoms with E-state index in [1.54, 1.807) is 0 Å². The summed E-state index contributed by atoms with van der Waals surface area (Å²) >= 11 is 0. The van der Waals surface area contributed by atoms with Gasteiger partial charge in [0, 0.05) is 0 Å². The van der Waals surface area contributed by atoms with E-state index in [1.807, 2.05) is 20.8 Å². The van der Waals surface area contributed by atoms with Gasteiger partial charge in [0.2, 0.25) is 0 Å². The zero-order valence-corrected chi connectivity index (χ0v) is 11.1. The lowest BCUT2D eigenvalue weighted by molar-refractivity contribution is -0.0166. The molecule has 0 saturated heterocycles. The van der Waals surface area contributed by atoms with E-state index < -0.39 is 24.0 Å². The van der Waals surface area contributed by atoms with Crippen LogP contribution in [0.3, 0.4) is 0 Å². The standard InChI is InChI=1S/C12H16BF4O2/c1-12(2,3)19-7-6-18-11-8-9(13(15,16)17)4-5-10(11)14/h4-5,8H,6-7H2,1-3H3/q-1. The third-order valence-corrected chi connectivity index (χ3v) is 2.21. The molecule has 0 aliphatic rings. The molecule has 0 spiro atoms. The van der Waals surface area contributed by atoms with Crippen molar-refractivity contribution in [2.45, 2.75) is 26.4 Å². The molecule has 0 bridgehead atoms. The van der Waals surface area contributed by atoms with Crippen LogP contribution in [0.1, 0.15) is 20.8 Å². The van der Waals surface area contributed by atoms with E-state index in [-0.39, 0.29) is 18.8 Å². The number of hydrogen-bond donors (Lipinski definition) is 0. The summed E-state index contributed by atoms with van der Waals surface area (Å²) in [6.07, 6.45) is 0. The molecule has 1 rings (SSSR count). The third-order valence-electron chi connectivity index (χ3n) is 2.21. The molecule has 0 unspecified atom stereocenters. The average Bonchev–Trinajstić information content (AvgIpc) is 2.23. The van der Waals surface area contributed by atoms with Crippen molar-refractivity contribution in [3.63, 3.8) is 0 Å². The van der Waals surface area contributed by atoms with Crippen LogP contribution < -0.4 is 10.2 Å². The summed E-state index contributed by atoms with van der Waals surface area (Å²) in [7, 11) is 0. The predicted octanol–water partition coefficient (Wildman–Crippen LogP) is 3.07. The van der Waals surface area contributed by atoms with Crippen molar-refractivity contribution in [3.8, 4) is 5.75 Å². The Bertz CT molecular complexity index is 427. The smallest absolute Gasteiger partial charge is 0.488 e.